The molecule has 1 aromatic heterocycles. The summed E-state index contributed by atoms with van der Waals surface area (Å²) in [6.07, 6.45) is 6.80. The smallest absolute Gasteiger partial charge is 0.222 e. The Balaban J connectivity index is 1.87. The van der Waals surface area contributed by atoms with Gasteiger partial charge in [0, 0.05) is 25.5 Å². The lowest BCUT2D eigenvalue weighted by atomic mass is 10.1. The summed E-state index contributed by atoms with van der Waals surface area (Å²) in [5.74, 6) is 0.678. The van der Waals surface area contributed by atoms with Crippen molar-refractivity contribution in [2.24, 2.45) is 0 Å². The quantitative estimate of drug-likeness (QED) is 0.818. The van der Waals surface area contributed by atoms with Gasteiger partial charge in [-0.1, -0.05) is 11.6 Å². The van der Waals surface area contributed by atoms with Crippen LogP contribution >= 0.6 is 15.9 Å². The van der Waals surface area contributed by atoms with E-state index in [0.717, 1.165) is 30.5 Å². The average Bonchev–Trinajstić information content (AvgIpc) is 2.30. The molecule has 0 spiro atoms. The van der Waals surface area contributed by atoms with Gasteiger partial charge in [-0.25, -0.2) is 9.97 Å². The minimum atomic E-state index is 0.678. The maximum atomic E-state index is 4.15. The Hall–Kier alpha value is -0.940. The van der Waals surface area contributed by atoms with Gasteiger partial charge in [0.2, 0.25) is 5.95 Å². The van der Waals surface area contributed by atoms with Crippen LogP contribution in [0.1, 0.15) is 6.42 Å². The molecule has 0 aromatic carbocycles. The number of rotatable bonds is 3. The van der Waals surface area contributed by atoms with E-state index in [0.29, 0.717) is 5.95 Å². The van der Waals surface area contributed by atoms with Crippen molar-refractivity contribution >= 4 is 21.9 Å². The predicted molar refractivity (Wildman–Crippen MR) is 63.8 cm³/mol. The maximum Gasteiger partial charge on any atom is 0.222 e. The molecule has 2 heterocycles. The van der Waals surface area contributed by atoms with Gasteiger partial charge in [0.25, 0.3) is 0 Å². The second kappa shape index (κ2) is 5.23. The second-order valence-corrected chi connectivity index (χ2v) is 4.31. The number of nitrogens with one attached hydrogen (secondary N) is 2. The van der Waals surface area contributed by atoms with Crippen LogP contribution in [0.4, 0.5) is 5.95 Å². The van der Waals surface area contributed by atoms with Crippen LogP contribution in [0.3, 0.4) is 0 Å². The number of hydrogen-bond acceptors (Lipinski definition) is 4. The van der Waals surface area contributed by atoms with E-state index in [9.17, 15) is 0 Å². The van der Waals surface area contributed by atoms with Crippen molar-refractivity contribution in [2.45, 2.75) is 6.42 Å². The van der Waals surface area contributed by atoms with Gasteiger partial charge in [0.15, 0.2) is 0 Å². The molecule has 0 aliphatic carbocycles. The van der Waals surface area contributed by atoms with Crippen LogP contribution in [-0.2, 0) is 0 Å². The van der Waals surface area contributed by atoms with Gasteiger partial charge in [0.1, 0.15) is 0 Å². The highest BCUT2D eigenvalue weighted by molar-refractivity contribution is 9.10. The third-order valence-corrected chi connectivity index (χ3v) is 2.66. The van der Waals surface area contributed by atoms with Crippen LogP contribution in [0.15, 0.2) is 28.5 Å². The summed E-state index contributed by atoms with van der Waals surface area (Å²) in [4.78, 5) is 8.30. The SMILES string of the molecule is Brc1cnc(NCC2=CCNCC2)nc1. The van der Waals surface area contributed by atoms with Crippen LogP contribution < -0.4 is 10.6 Å². The van der Waals surface area contributed by atoms with E-state index in [-0.39, 0.29) is 0 Å². The molecule has 15 heavy (non-hydrogen) atoms. The molecule has 1 aliphatic heterocycles. The molecule has 1 aliphatic rings. The van der Waals surface area contributed by atoms with Crippen molar-refractivity contribution in [3.63, 3.8) is 0 Å². The monoisotopic (exact) mass is 268 g/mol. The van der Waals surface area contributed by atoms with E-state index >= 15 is 0 Å². The first-order chi connectivity index (χ1) is 7.34. The fraction of sp³-hybridized carbons (Fsp3) is 0.400. The van der Waals surface area contributed by atoms with Gasteiger partial charge in [-0.2, -0.15) is 0 Å². The third kappa shape index (κ3) is 3.28. The Kier molecular flexibility index (Phi) is 3.69. The lowest BCUT2D eigenvalue weighted by Gasteiger charge is -2.14. The molecule has 2 N–H and O–H groups in total. The molecular weight excluding hydrogens is 256 g/mol. The molecule has 0 unspecified atom stereocenters. The first-order valence-corrected chi connectivity index (χ1v) is 5.74. The van der Waals surface area contributed by atoms with Crippen LogP contribution in [-0.4, -0.2) is 29.6 Å². The molecule has 0 saturated heterocycles. The van der Waals surface area contributed by atoms with E-state index < -0.39 is 0 Å². The molecule has 0 radical (unpaired) electrons. The third-order valence-electron chi connectivity index (χ3n) is 2.25. The first kappa shape index (κ1) is 10.6. The zero-order valence-corrected chi connectivity index (χ0v) is 9.92. The lowest BCUT2D eigenvalue weighted by molar-refractivity contribution is 0.697. The van der Waals surface area contributed by atoms with Crippen molar-refractivity contribution < 1.29 is 0 Å². The van der Waals surface area contributed by atoms with E-state index in [4.69, 9.17) is 0 Å². The van der Waals surface area contributed by atoms with Gasteiger partial charge in [-0.3, -0.25) is 0 Å². The zero-order valence-electron chi connectivity index (χ0n) is 8.33. The van der Waals surface area contributed by atoms with Gasteiger partial charge >= 0.3 is 0 Å². The highest BCUT2D eigenvalue weighted by Gasteiger charge is 2.03. The zero-order chi connectivity index (χ0) is 10.5. The van der Waals surface area contributed by atoms with Crippen molar-refractivity contribution in [3.05, 3.63) is 28.5 Å². The summed E-state index contributed by atoms with van der Waals surface area (Å²) in [5, 5.41) is 6.48. The maximum absolute atomic E-state index is 4.15. The molecule has 0 bridgehead atoms. The minimum Gasteiger partial charge on any atom is -0.350 e. The average molecular weight is 269 g/mol. The topological polar surface area (TPSA) is 49.8 Å². The molecular formula is C10H13BrN4. The van der Waals surface area contributed by atoms with Crippen molar-refractivity contribution in [1.82, 2.24) is 15.3 Å². The summed E-state index contributed by atoms with van der Waals surface area (Å²) in [5.41, 5.74) is 1.42. The Labute approximate surface area is 97.3 Å². The first-order valence-electron chi connectivity index (χ1n) is 4.94. The van der Waals surface area contributed by atoms with Gasteiger partial charge < -0.3 is 10.6 Å². The van der Waals surface area contributed by atoms with Gasteiger partial charge in [-0.15, -0.1) is 0 Å². The predicted octanol–water partition coefficient (Wildman–Crippen LogP) is 1.57. The van der Waals surface area contributed by atoms with Crippen LogP contribution in [0, 0.1) is 0 Å². The van der Waals surface area contributed by atoms with Crippen molar-refractivity contribution in [1.29, 1.82) is 0 Å². The normalized spacial score (nSPS) is 15.9. The number of hydrogen-bond donors (Lipinski definition) is 2. The lowest BCUT2D eigenvalue weighted by Crippen LogP contribution is -2.23. The minimum absolute atomic E-state index is 0.678. The highest BCUT2D eigenvalue weighted by atomic mass is 79.9. The fourth-order valence-electron chi connectivity index (χ4n) is 1.43. The summed E-state index contributed by atoms with van der Waals surface area (Å²) < 4.78 is 0.897. The number of halogens is 1. The van der Waals surface area contributed by atoms with Crippen molar-refractivity contribution in [3.8, 4) is 0 Å². The van der Waals surface area contributed by atoms with Gasteiger partial charge in [0.05, 0.1) is 4.47 Å². The Bertz CT molecular complexity index is 347. The number of anilines is 1. The van der Waals surface area contributed by atoms with E-state index in [1.807, 2.05) is 0 Å². The molecule has 5 heteroatoms. The van der Waals surface area contributed by atoms with Crippen LogP contribution in [0.25, 0.3) is 0 Å². The summed E-state index contributed by atoms with van der Waals surface area (Å²) in [6, 6.07) is 0. The van der Waals surface area contributed by atoms with E-state index in [1.165, 1.54) is 5.57 Å². The standard InChI is InChI=1S/C10H13BrN4/c11-9-6-14-10(15-7-9)13-5-8-1-3-12-4-2-8/h1,6-7,12H,2-5H2,(H,13,14,15). The molecule has 0 saturated carbocycles. The molecule has 0 amide bonds. The Morgan fingerprint density at radius 2 is 2.20 bits per heavy atom. The van der Waals surface area contributed by atoms with Crippen LogP contribution in [0.2, 0.25) is 0 Å². The van der Waals surface area contributed by atoms with Crippen LogP contribution in [0.5, 0.6) is 0 Å². The fourth-order valence-corrected chi connectivity index (χ4v) is 1.63. The molecule has 80 valence electrons. The Morgan fingerprint density at radius 1 is 1.40 bits per heavy atom. The van der Waals surface area contributed by atoms with Crippen molar-refractivity contribution in [2.75, 3.05) is 25.0 Å². The number of aromatic nitrogens is 2. The summed E-state index contributed by atoms with van der Waals surface area (Å²) in [7, 11) is 0. The summed E-state index contributed by atoms with van der Waals surface area (Å²) in [6.45, 7) is 2.87. The largest absolute Gasteiger partial charge is 0.350 e. The molecule has 1 aromatic rings. The van der Waals surface area contributed by atoms with E-state index in [2.05, 4.69) is 42.6 Å². The van der Waals surface area contributed by atoms with Gasteiger partial charge in [-0.05, 0) is 28.9 Å². The molecule has 0 atom stereocenters. The second-order valence-electron chi connectivity index (χ2n) is 3.39. The number of nitrogens with zero attached hydrogens (tertiary/aromatic N) is 2. The van der Waals surface area contributed by atoms with E-state index in [1.54, 1.807) is 12.4 Å². The molecule has 4 nitrogen and oxygen atoms in total. The summed E-state index contributed by atoms with van der Waals surface area (Å²) >= 11 is 3.30. The Morgan fingerprint density at radius 3 is 2.87 bits per heavy atom. The highest BCUT2D eigenvalue weighted by Crippen LogP contribution is 2.08. The molecule has 2 rings (SSSR count). The molecule has 0 fully saturated rings.